The molecule has 19 heavy (non-hydrogen) atoms. The molecule has 0 bridgehead atoms. The minimum atomic E-state index is -1.04. The van der Waals surface area contributed by atoms with Crippen molar-refractivity contribution in [3.63, 3.8) is 0 Å². The summed E-state index contributed by atoms with van der Waals surface area (Å²) < 4.78 is 5.02. The Morgan fingerprint density at radius 2 is 1.95 bits per heavy atom. The van der Waals surface area contributed by atoms with Gasteiger partial charge in [0, 0.05) is 6.54 Å². The lowest BCUT2D eigenvalue weighted by Crippen LogP contribution is -2.45. The van der Waals surface area contributed by atoms with Crippen LogP contribution in [0.3, 0.4) is 0 Å². The van der Waals surface area contributed by atoms with Crippen LogP contribution in [0.25, 0.3) is 0 Å². The number of carboxylic acids is 1. The largest absolute Gasteiger partial charge is 0.497 e. The van der Waals surface area contributed by atoms with Gasteiger partial charge in [0.2, 0.25) is 0 Å². The lowest BCUT2D eigenvalue weighted by atomic mass is 10.2. The van der Waals surface area contributed by atoms with Crippen molar-refractivity contribution in [3.05, 3.63) is 29.8 Å². The summed E-state index contributed by atoms with van der Waals surface area (Å²) in [6.07, 6.45) is 0.339. The molecule has 1 aromatic carbocycles. The average molecular weight is 266 g/mol. The van der Waals surface area contributed by atoms with Crippen molar-refractivity contribution in [2.24, 2.45) is 0 Å². The number of hydrogen-bond acceptors (Lipinski definition) is 3. The van der Waals surface area contributed by atoms with Crippen LogP contribution in [0.1, 0.15) is 18.9 Å². The number of rotatable bonds is 6. The van der Waals surface area contributed by atoms with E-state index in [-0.39, 0.29) is 0 Å². The molecule has 0 spiro atoms. The topological polar surface area (TPSA) is 87.7 Å². The molecular formula is C13H18N2O4. The third-order valence-corrected chi connectivity index (χ3v) is 2.62. The highest BCUT2D eigenvalue weighted by atomic mass is 16.5. The molecule has 104 valence electrons. The molecule has 0 radical (unpaired) electrons. The summed E-state index contributed by atoms with van der Waals surface area (Å²) in [6.45, 7) is 2.02. The van der Waals surface area contributed by atoms with Gasteiger partial charge >= 0.3 is 12.0 Å². The Hall–Kier alpha value is -2.24. The van der Waals surface area contributed by atoms with Crippen LogP contribution in [0.2, 0.25) is 0 Å². The normalized spacial score (nSPS) is 11.5. The number of carbonyl (C=O) groups excluding carboxylic acids is 1. The van der Waals surface area contributed by atoms with Crippen molar-refractivity contribution < 1.29 is 19.4 Å². The lowest BCUT2D eigenvalue weighted by molar-refractivity contribution is -0.139. The highest BCUT2D eigenvalue weighted by Crippen LogP contribution is 2.10. The third-order valence-electron chi connectivity index (χ3n) is 2.62. The Morgan fingerprint density at radius 1 is 1.32 bits per heavy atom. The molecule has 0 aliphatic carbocycles. The van der Waals surface area contributed by atoms with Gasteiger partial charge in [-0.15, -0.1) is 0 Å². The Morgan fingerprint density at radius 3 is 2.42 bits per heavy atom. The van der Waals surface area contributed by atoms with Gasteiger partial charge < -0.3 is 20.5 Å². The number of methoxy groups -OCH3 is 1. The van der Waals surface area contributed by atoms with Crippen LogP contribution >= 0.6 is 0 Å². The molecule has 0 heterocycles. The van der Waals surface area contributed by atoms with Gasteiger partial charge in [0.1, 0.15) is 11.8 Å². The molecule has 0 saturated carbocycles. The van der Waals surface area contributed by atoms with Crippen molar-refractivity contribution >= 4 is 12.0 Å². The van der Waals surface area contributed by atoms with Crippen LogP contribution < -0.4 is 15.4 Å². The first-order chi connectivity index (χ1) is 9.06. The maximum absolute atomic E-state index is 11.5. The maximum atomic E-state index is 11.5. The third kappa shape index (κ3) is 4.87. The second-order valence-corrected chi connectivity index (χ2v) is 3.97. The Balaban J connectivity index is 2.42. The molecule has 0 aliphatic rings. The molecule has 0 aliphatic heterocycles. The molecular weight excluding hydrogens is 248 g/mol. The summed E-state index contributed by atoms with van der Waals surface area (Å²) in [6, 6.07) is 5.88. The van der Waals surface area contributed by atoms with Gasteiger partial charge in [0.25, 0.3) is 0 Å². The minimum absolute atomic E-state index is 0.325. The van der Waals surface area contributed by atoms with Gasteiger partial charge in [-0.3, -0.25) is 0 Å². The second-order valence-electron chi connectivity index (χ2n) is 3.97. The fourth-order valence-corrected chi connectivity index (χ4v) is 1.47. The Kier molecular flexibility index (Phi) is 5.66. The summed E-state index contributed by atoms with van der Waals surface area (Å²) in [7, 11) is 1.58. The molecule has 3 N–H and O–H groups in total. The van der Waals surface area contributed by atoms with E-state index in [0.29, 0.717) is 13.0 Å². The first-order valence-electron chi connectivity index (χ1n) is 5.97. The fourth-order valence-electron chi connectivity index (χ4n) is 1.47. The molecule has 6 heteroatoms. The average Bonchev–Trinajstić information content (AvgIpc) is 2.42. The summed E-state index contributed by atoms with van der Waals surface area (Å²) in [5.74, 6) is -0.299. The number of carboxylic acid groups (broad SMARTS) is 1. The van der Waals surface area contributed by atoms with E-state index in [1.54, 1.807) is 26.2 Å². The minimum Gasteiger partial charge on any atom is -0.497 e. The van der Waals surface area contributed by atoms with Crippen molar-refractivity contribution in [3.8, 4) is 5.75 Å². The van der Waals surface area contributed by atoms with Crippen LogP contribution in [-0.2, 0) is 11.3 Å². The molecule has 0 aromatic heterocycles. The number of ether oxygens (including phenoxy) is 1. The molecule has 6 nitrogen and oxygen atoms in total. The zero-order valence-corrected chi connectivity index (χ0v) is 11.0. The SMILES string of the molecule is CC[C@H](NC(=O)NCc1ccc(OC)cc1)C(=O)O. The van der Waals surface area contributed by atoms with Crippen LogP contribution in [0.5, 0.6) is 5.75 Å². The molecule has 1 rings (SSSR count). The number of aliphatic carboxylic acids is 1. The monoisotopic (exact) mass is 266 g/mol. The predicted octanol–water partition coefficient (Wildman–Crippen LogP) is 1.36. The Bertz CT molecular complexity index is 431. The quantitative estimate of drug-likeness (QED) is 0.725. The highest BCUT2D eigenvalue weighted by Gasteiger charge is 2.16. The standard InChI is InChI=1S/C13H18N2O4/c1-3-11(12(16)17)15-13(18)14-8-9-4-6-10(19-2)7-5-9/h4-7,11H,3,8H2,1-2H3,(H,16,17)(H2,14,15,18)/t11-/m0/s1. The zero-order valence-electron chi connectivity index (χ0n) is 11.0. The first kappa shape index (κ1) is 14.8. The van der Waals surface area contributed by atoms with E-state index >= 15 is 0 Å². The number of amides is 2. The van der Waals surface area contributed by atoms with Gasteiger partial charge in [-0.2, -0.15) is 0 Å². The van der Waals surface area contributed by atoms with E-state index < -0.39 is 18.0 Å². The van der Waals surface area contributed by atoms with E-state index in [9.17, 15) is 9.59 Å². The van der Waals surface area contributed by atoms with Gasteiger partial charge in [-0.1, -0.05) is 19.1 Å². The van der Waals surface area contributed by atoms with Gasteiger partial charge in [-0.05, 0) is 24.1 Å². The van der Waals surface area contributed by atoms with Crippen LogP contribution in [0, 0.1) is 0 Å². The van der Waals surface area contributed by atoms with E-state index in [2.05, 4.69) is 10.6 Å². The van der Waals surface area contributed by atoms with E-state index in [1.165, 1.54) is 0 Å². The number of nitrogens with one attached hydrogen (secondary N) is 2. The first-order valence-corrected chi connectivity index (χ1v) is 5.97. The Labute approximate surface area is 111 Å². The lowest BCUT2D eigenvalue weighted by Gasteiger charge is -2.13. The maximum Gasteiger partial charge on any atom is 0.326 e. The number of carbonyl (C=O) groups is 2. The van der Waals surface area contributed by atoms with Crippen molar-refractivity contribution in [1.82, 2.24) is 10.6 Å². The number of hydrogen-bond donors (Lipinski definition) is 3. The summed E-state index contributed by atoms with van der Waals surface area (Å²) in [5, 5.41) is 13.8. The van der Waals surface area contributed by atoms with Gasteiger partial charge in [-0.25, -0.2) is 9.59 Å². The van der Waals surface area contributed by atoms with Crippen LogP contribution in [-0.4, -0.2) is 30.3 Å². The van der Waals surface area contributed by atoms with Crippen molar-refractivity contribution in [2.75, 3.05) is 7.11 Å². The molecule has 0 saturated heterocycles. The summed E-state index contributed by atoms with van der Waals surface area (Å²) >= 11 is 0. The summed E-state index contributed by atoms with van der Waals surface area (Å²) in [4.78, 5) is 22.3. The number of urea groups is 1. The molecule has 1 aromatic rings. The smallest absolute Gasteiger partial charge is 0.326 e. The molecule has 2 amide bonds. The van der Waals surface area contributed by atoms with E-state index in [0.717, 1.165) is 11.3 Å². The van der Waals surface area contributed by atoms with E-state index in [4.69, 9.17) is 9.84 Å². The van der Waals surface area contributed by atoms with Crippen LogP contribution in [0.15, 0.2) is 24.3 Å². The van der Waals surface area contributed by atoms with E-state index in [1.807, 2.05) is 12.1 Å². The molecule has 0 fully saturated rings. The molecule has 1 atom stereocenters. The summed E-state index contributed by atoms with van der Waals surface area (Å²) in [5.41, 5.74) is 0.902. The van der Waals surface area contributed by atoms with Crippen molar-refractivity contribution in [1.29, 1.82) is 0 Å². The van der Waals surface area contributed by atoms with Crippen molar-refractivity contribution in [2.45, 2.75) is 25.9 Å². The number of benzene rings is 1. The van der Waals surface area contributed by atoms with Gasteiger partial charge in [0.05, 0.1) is 7.11 Å². The highest BCUT2D eigenvalue weighted by molar-refractivity contribution is 5.82. The molecule has 0 unspecified atom stereocenters. The fraction of sp³-hybridized carbons (Fsp3) is 0.385. The second kappa shape index (κ2) is 7.25. The zero-order chi connectivity index (χ0) is 14.3. The predicted molar refractivity (Wildman–Crippen MR) is 70.1 cm³/mol. The van der Waals surface area contributed by atoms with Crippen LogP contribution in [0.4, 0.5) is 4.79 Å². The van der Waals surface area contributed by atoms with Gasteiger partial charge in [0.15, 0.2) is 0 Å².